The van der Waals surface area contributed by atoms with Crippen LogP contribution in [0.15, 0.2) is 47.4 Å². The van der Waals surface area contributed by atoms with Gasteiger partial charge in [-0.25, -0.2) is 8.42 Å². The van der Waals surface area contributed by atoms with Crippen LogP contribution in [0.1, 0.15) is 10.4 Å². The lowest BCUT2D eigenvalue weighted by Gasteiger charge is -2.34. The van der Waals surface area contributed by atoms with Crippen LogP contribution in [-0.2, 0) is 10.0 Å². The van der Waals surface area contributed by atoms with E-state index in [0.29, 0.717) is 24.7 Å². The van der Waals surface area contributed by atoms with Gasteiger partial charge >= 0.3 is 6.61 Å². The molecule has 0 bridgehead atoms. The minimum absolute atomic E-state index is 0.00550. The number of nitrogens with zero attached hydrogens (tertiary/aromatic N) is 2. The number of benzene rings is 2. The van der Waals surface area contributed by atoms with E-state index in [4.69, 9.17) is 9.47 Å². The second-order valence-electron chi connectivity index (χ2n) is 6.88. The smallest absolute Gasteiger partial charge is 0.387 e. The molecular weight excluding hydrogens is 434 g/mol. The fourth-order valence-electron chi connectivity index (χ4n) is 3.48. The number of fused-ring (bicyclic) bond motifs is 1. The van der Waals surface area contributed by atoms with Crippen molar-refractivity contribution in [1.29, 1.82) is 0 Å². The number of halogens is 2. The summed E-state index contributed by atoms with van der Waals surface area (Å²) in [5, 5.41) is 0. The van der Waals surface area contributed by atoms with E-state index in [-0.39, 0.29) is 42.4 Å². The molecule has 2 aromatic carbocycles. The van der Waals surface area contributed by atoms with Gasteiger partial charge in [0.25, 0.3) is 5.91 Å². The summed E-state index contributed by atoms with van der Waals surface area (Å²) in [6.07, 6.45) is 0. The topological polar surface area (TPSA) is 85.4 Å². The average molecular weight is 454 g/mol. The molecule has 4 rings (SSSR count). The van der Waals surface area contributed by atoms with Crippen molar-refractivity contribution < 1.29 is 36.2 Å². The number of para-hydroxylation sites is 1. The molecule has 0 spiro atoms. The van der Waals surface area contributed by atoms with Crippen LogP contribution in [0.4, 0.5) is 8.78 Å². The maximum atomic E-state index is 13.0. The summed E-state index contributed by atoms with van der Waals surface area (Å²) in [6.45, 7) is -1.94. The molecule has 2 aliphatic rings. The molecule has 0 N–H and O–H groups in total. The summed E-state index contributed by atoms with van der Waals surface area (Å²) in [4.78, 5) is 14.3. The molecule has 8 nitrogen and oxygen atoms in total. The number of rotatable bonds is 5. The molecule has 2 aromatic rings. The molecule has 1 fully saturated rings. The molecule has 0 radical (unpaired) electrons. The second kappa shape index (κ2) is 8.67. The van der Waals surface area contributed by atoms with E-state index < -0.39 is 22.5 Å². The van der Waals surface area contributed by atoms with Crippen LogP contribution in [0.2, 0.25) is 0 Å². The Kier molecular flexibility index (Phi) is 5.96. The molecule has 1 saturated heterocycles. The van der Waals surface area contributed by atoms with Crippen molar-refractivity contribution in [3.63, 3.8) is 0 Å². The Bertz CT molecular complexity index is 1070. The number of ether oxygens (including phenoxy) is 3. The fraction of sp³-hybridized carbons (Fsp3) is 0.350. The summed E-state index contributed by atoms with van der Waals surface area (Å²) in [6, 6.07) is 10.2. The monoisotopic (exact) mass is 454 g/mol. The number of amides is 1. The highest BCUT2D eigenvalue weighted by Crippen LogP contribution is 2.33. The summed E-state index contributed by atoms with van der Waals surface area (Å²) in [5.41, 5.74) is 0.00550. The number of piperazine rings is 1. The van der Waals surface area contributed by atoms with E-state index in [2.05, 4.69) is 4.74 Å². The molecule has 0 saturated carbocycles. The van der Waals surface area contributed by atoms with Crippen LogP contribution in [-0.4, -0.2) is 69.5 Å². The molecule has 0 aliphatic carbocycles. The van der Waals surface area contributed by atoms with Gasteiger partial charge < -0.3 is 19.1 Å². The predicted molar refractivity (Wildman–Crippen MR) is 105 cm³/mol. The molecule has 1 amide bonds. The molecule has 31 heavy (non-hydrogen) atoms. The Morgan fingerprint density at radius 2 is 1.65 bits per heavy atom. The molecule has 0 unspecified atom stereocenters. The third kappa shape index (κ3) is 4.42. The summed E-state index contributed by atoms with van der Waals surface area (Å²) >= 11 is 0. The molecule has 0 atom stereocenters. The standard InChI is InChI=1S/C20H20F2N2O6S/c21-20(22)30-16-4-2-1-3-15(16)19(25)23-7-9-24(10-8-23)31(26,27)14-5-6-17-18(13-14)29-12-11-28-17/h1-6,13,20H,7-12H2. The van der Waals surface area contributed by atoms with Crippen molar-refractivity contribution in [2.24, 2.45) is 0 Å². The molecule has 0 aromatic heterocycles. The van der Waals surface area contributed by atoms with Gasteiger partial charge in [0.1, 0.15) is 19.0 Å². The van der Waals surface area contributed by atoms with Crippen LogP contribution < -0.4 is 14.2 Å². The van der Waals surface area contributed by atoms with E-state index in [9.17, 15) is 22.0 Å². The number of hydrogen-bond donors (Lipinski definition) is 0. The Morgan fingerprint density at radius 1 is 0.968 bits per heavy atom. The summed E-state index contributed by atoms with van der Waals surface area (Å²) in [7, 11) is -3.80. The van der Waals surface area contributed by atoms with Crippen LogP contribution >= 0.6 is 0 Å². The average Bonchev–Trinajstić information content (AvgIpc) is 2.78. The zero-order chi connectivity index (χ0) is 22.0. The normalized spacial score (nSPS) is 16.9. The van der Waals surface area contributed by atoms with Gasteiger partial charge in [-0.15, -0.1) is 0 Å². The Morgan fingerprint density at radius 3 is 2.35 bits per heavy atom. The Balaban J connectivity index is 1.46. The molecule has 2 aliphatic heterocycles. The first-order chi connectivity index (χ1) is 14.9. The first-order valence-electron chi connectivity index (χ1n) is 9.59. The van der Waals surface area contributed by atoms with Crippen LogP contribution in [0, 0.1) is 0 Å². The Labute approximate surface area is 178 Å². The van der Waals surface area contributed by atoms with E-state index in [0.717, 1.165) is 0 Å². The molecule has 166 valence electrons. The van der Waals surface area contributed by atoms with Gasteiger partial charge in [-0.1, -0.05) is 12.1 Å². The maximum absolute atomic E-state index is 13.0. The zero-order valence-electron chi connectivity index (χ0n) is 16.4. The SMILES string of the molecule is O=C(c1ccccc1OC(F)F)N1CCN(S(=O)(=O)c2ccc3c(c2)OCCO3)CC1. The van der Waals surface area contributed by atoms with E-state index >= 15 is 0 Å². The van der Waals surface area contributed by atoms with Crippen LogP contribution in [0.25, 0.3) is 0 Å². The van der Waals surface area contributed by atoms with E-state index in [1.807, 2.05) is 0 Å². The number of carbonyl (C=O) groups is 1. The highest BCUT2D eigenvalue weighted by atomic mass is 32.2. The first-order valence-corrected chi connectivity index (χ1v) is 11.0. The van der Waals surface area contributed by atoms with Gasteiger partial charge in [0.05, 0.1) is 10.5 Å². The number of alkyl halides is 2. The Hall–Kier alpha value is -2.92. The highest BCUT2D eigenvalue weighted by Gasteiger charge is 2.32. The van der Waals surface area contributed by atoms with Crippen molar-refractivity contribution in [2.45, 2.75) is 11.5 Å². The highest BCUT2D eigenvalue weighted by molar-refractivity contribution is 7.89. The van der Waals surface area contributed by atoms with Gasteiger partial charge in [0.15, 0.2) is 11.5 Å². The lowest BCUT2D eigenvalue weighted by atomic mass is 10.1. The molecule has 2 heterocycles. The van der Waals surface area contributed by atoms with E-state index in [1.54, 1.807) is 12.1 Å². The van der Waals surface area contributed by atoms with Gasteiger partial charge in [0.2, 0.25) is 10.0 Å². The van der Waals surface area contributed by atoms with Crippen molar-refractivity contribution in [3.05, 3.63) is 48.0 Å². The third-order valence-electron chi connectivity index (χ3n) is 5.01. The molecule has 11 heteroatoms. The van der Waals surface area contributed by atoms with Gasteiger partial charge in [-0.3, -0.25) is 4.79 Å². The minimum Gasteiger partial charge on any atom is -0.486 e. The van der Waals surface area contributed by atoms with Crippen molar-refractivity contribution >= 4 is 15.9 Å². The lowest BCUT2D eigenvalue weighted by Crippen LogP contribution is -2.50. The van der Waals surface area contributed by atoms with Crippen molar-refractivity contribution in [2.75, 3.05) is 39.4 Å². The van der Waals surface area contributed by atoms with Crippen LogP contribution in [0.3, 0.4) is 0 Å². The number of sulfonamides is 1. The van der Waals surface area contributed by atoms with E-state index in [1.165, 1.54) is 39.5 Å². The van der Waals surface area contributed by atoms with Crippen molar-refractivity contribution in [1.82, 2.24) is 9.21 Å². The van der Waals surface area contributed by atoms with Gasteiger partial charge in [-0.2, -0.15) is 13.1 Å². The second-order valence-corrected chi connectivity index (χ2v) is 8.81. The van der Waals surface area contributed by atoms with Crippen molar-refractivity contribution in [3.8, 4) is 17.2 Å². The lowest BCUT2D eigenvalue weighted by molar-refractivity contribution is -0.0503. The number of hydrogen-bond acceptors (Lipinski definition) is 6. The maximum Gasteiger partial charge on any atom is 0.387 e. The summed E-state index contributed by atoms with van der Waals surface area (Å²) < 4.78 is 67.9. The fourth-order valence-corrected chi connectivity index (χ4v) is 4.92. The third-order valence-corrected chi connectivity index (χ3v) is 6.91. The molecular formula is C20H20F2N2O6S. The minimum atomic E-state index is -3.80. The number of carbonyl (C=O) groups excluding carboxylic acids is 1. The summed E-state index contributed by atoms with van der Waals surface area (Å²) in [5.74, 6) is 0.156. The van der Waals surface area contributed by atoms with Gasteiger partial charge in [0, 0.05) is 32.2 Å². The largest absolute Gasteiger partial charge is 0.486 e. The quantitative estimate of drug-likeness (QED) is 0.689. The van der Waals surface area contributed by atoms with Gasteiger partial charge in [-0.05, 0) is 24.3 Å². The first kappa shape index (κ1) is 21.3. The predicted octanol–water partition coefficient (Wildman–Crippen LogP) is 2.21. The van der Waals surface area contributed by atoms with Crippen LogP contribution in [0.5, 0.6) is 17.2 Å². The zero-order valence-corrected chi connectivity index (χ0v) is 17.2.